The second-order valence-electron chi connectivity index (χ2n) is 7.50. The smallest absolute Gasteiger partial charge is 0.341 e. The quantitative estimate of drug-likeness (QED) is 0.294. The molecule has 3 N–H and O–H groups in total. The van der Waals surface area contributed by atoms with Crippen LogP contribution in [0.25, 0.3) is 22.2 Å². The Kier molecular flexibility index (Phi) is 7.07. The zero-order valence-electron chi connectivity index (χ0n) is 18.6. The van der Waals surface area contributed by atoms with Crippen LogP contribution in [0.5, 0.6) is 0 Å². The molecule has 0 atom stereocenters. The van der Waals surface area contributed by atoms with Gasteiger partial charge in [0.05, 0.1) is 43.9 Å². The van der Waals surface area contributed by atoms with Crippen LogP contribution >= 0.6 is 34.5 Å². The van der Waals surface area contributed by atoms with Crippen LogP contribution in [0, 0.1) is 6.92 Å². The van der Waals surface area contributed by atoms with Gasteiger partial charge in [0.25, 0.3) is 11.8 Å². The third-order valence-electron chi connectivity index (χ3n) is 5.25. The number of anilines is 1. The Morgan fingerprint density at radius 2 is 1.83 bits per heavy atom. The number of halogens is 2. The van der Waals surface area contributed by atoms with E-state index >= 15 is 0 Å². The number of primary amides is 1. The van der Waals surface area contributed by atoms with E-state index < -0.39 is 17.8 Å². The van der Waals surface area contributed by atoms with E-state index in [4.69, 9.17) is 33.7 Å². The minimum absolute atomic E-state index is 0.0991. The molecule has 0 aliphatic heterocycles. The van der Waals surface area contributed by atoms with E-state index in [1.54, 1.807) is 56.3 Å². The number of aromatic nitrogens is 1. The summed E-state index contributed by atoms with van der Waals surface area (Å²) in [6, 6.07) is 13.9. The predicted molar refractivity (Wildman–Crippen MR) is 139 cm³/mol. The van der Waals surface area contributed by atoms with Gasteiger partial charge in [0, 0.05) is 10.9 Å². The first-order chi connectivity index (χ1) is 16.7. The number of rotatable bonds is 6. The summed E-state index contributed by atoms with van der Waals surface area (Å²) in [5.74, 6) is -1.84. The molecule has 35 heavy (non-hydrogen) atoms. The standard InChI is InChI=1S/C25H19Cl2N3O4S/c1-3-34-25(33)20-12(2)21(22(28)31)35-24(20)30-23(32)15-11-19(13-8-9-16(26)17(27)10-13)29-18-7-5-4-6-14(15)18/h4-11H,3H2,1-2H3,(H2,28,31)(H,30,32). The number of nitrogens with two attached hydrogens (primary N) is 1. The summed E-state index contributed by atoms with van der Waals surface area (Å²) in [5.41, 5.74) is 8.02. The number of amides is 2. The molecule has 2 heterocycles. The van der Waals surface area contributed by atoms with E-state index in [0.29, 0.717) is 43.3 Å². The van der Waals surface area contributed by atoms with Gasteiger partial charge in [0.2, 0.25) is 0 Å². The number of carbonyl (C=O) groups is 3. The van der Waals surface area contributed by atoms with Gasteiger partial charge in [-0.3, -0.25) is 9.59 Å². The third kappa shape index (κ3) is 4.86. The number of nitrogens with one attached hydrogen (secondary N) is 1. The minimum atomic E-state index is -0.699. The lowest BCUT2D eigenvalue weighted by molar-refractivity contribution is 0.0527. The Labute approximate surface area is 214 Å². The molecule has 7 nitrogen and oxygen atoms in total. The number of hydrogen-bond donors (Lipinski definition) is 2. The summed E-state index contributed by atoms with van der Waals surface area (Å²) in [6.07, 6.45) is 0. The largest absolute Gasteiger partial charge is 0.462 e. The fourth-order valence-electron chi connectivity index (χ4n) is 3.62. The highest BCUT2D eigenvalue weighted by Gasteiger charge is 2.26. The number of esters is 1. The van der Waals surface area contributed by atoms with E-state index in [9.17, 15) is 14.4 Å². The Bertz CT molecular complexity index is 1500. The molecule has 0 spiro atoms. The van der Waals surface area contributed by atoms with Crippen LogP contribution in [0.15, 0.2) is 48.5 Å². The van der Waals surface area contributed by atoms with Gasteiger partial charge in [0.15, 0.2) is 0 Å². The summed E-state index contributed by atoms with van der Waals surface area (Å²) >= 11 is 13.2. The maximum atomic E-state index is 13.5. The Hall–Kier alpha value is -3.46. The van der Waals surface area contributed by atoms with Crippen molar-refractivity contribution in [1.82, 2.24) is 4.98 Å². The van der Waals surface area contributed by atoms with Crippen LogP contribution in [0.1, 0.15) is 42.9 Å². The van der Waals surface area contributed by atoms with Gasteiger partial charge in [0.1, 0.15) is 5.00 Å². The van der Waals surface area contributed by atoms with Crippen molar-refractivity contribution >= 4 is 68.2 Å². The number of hydrogen-bond acceptors (Lipinski definition) is 6. The molecule has 0 saturated heterocycles. The lowest BCUT2D eigenvalue weighted by atomic mass is 10.0. The maximum Gasteiger partial charge on any atom is 0.341 e. The number of ether oxygens (including phenoxy) is 1. The van der Waals surface area contributed by atoms with Gasteiger partial charge in [-0.1, -0.05) is 47.5 Å². The van der Waals surface area contributed by atoms with Crippen molar-refractivity contribution in [2.24, 2.45) is 5.73 Å². The summed E-state index contributed by atoms with van der Waals surface area (Å²) < 4.78 is 5.13. The fraction of sp³-hybridized carbons (Fsp3) is 0.120. The monoisotopic (exact) mass is 527 g/mol. The number of nitrogens with zero attached hydrogens (tertiary/aromatic N) is 1. The molecule has 178 valence electrons. The fourth-order valence-corrected chi connectivity index (χ4v) is 4.96. The summed E-state index contributed by atoms with van der Waals surface area (Å²) in [5, 5.41) is 4.31. The molecule has 0 bridgehead atoms. The van der Waals surface area contributed by atoms with Crippen LogP contribution in [0.2, 0.25) is 10.0 Å². The highest BCUT2D eigenvalue weighted by Crippen LogP contribution is 2.35. The van der Waals surface area contributed by atoms with Crippen LogP contribution in [0.3, 0.4) is 0 Å². The molecule has 2 aromatic heterocycles. The molecule has 0 fully saturated rings. The van der Waals surface area contributed by atoms with Crippen molar-refractivity contribution in [1.29, 1.82) is 0 Å². The molecule has 0 unspecified atom stereocenters. The lowest BCUT2D eigenvalue weighted by Gasteiger charge is -2.11. The second kappa shape index (κ2) is 10.0. The van der Waals surface area contributed by atoms with Gasteiger partial charge in [-0.2, -0.15) is 0 Å². The topological polar surface area (TPSA) is 111 Å². The molecule has 2 aromatic carbocycles. The Balaban J connectivity index is 1.82. The van der Waals surface area contributed by atoms with Gasteiger partial charge >= 0.3 is 5.97 Å². The predicted octanol–water partition coefficient (Wildman–Crippen LogP) is 6.11. The zero-order valence-corrected chi connectivity index (χ0v) is 21.0. The van der Waals surface area contributed by atoms with Gasteiger partial charge in [-0.05, 0) is 43.7 Å². The molecule has 10 heteroatoms. The van der Waals surface area contributed by atoms with Crippen molar-refractivity contribution in [3.05, 3.63) is 80.1 Å². The summed E-state index contributed by atoms with van der Waals surface area (Å²) in [6.45, 7) is 3.39. The third-order valence-corrected chi connectivity index (χ3v) is 7.21. The van der Waals surface area contributed by atoms with E-state index in [2.05, 4.69) is 10.3 Å². The molecule has 0 aliphatic rings. The average molecular weight is 528 g/mol. The normalized spacial score (nSPS) is 10.9. The van der Waals surface area contributed by atoms with Crippen molar-refractivity contribution in [2.45, 2.75) is 13.8 Å². The van der Waals surface area contributed by atoms with Crippen molar-refractivity contribution in [2.75, 3.05) is 11.9 Å². The summed E-state index contributed by atoms with van der Waals surface area (Å²) in [4.78, 5) is 42.8. The molecule has 0 saturated carbocycles. The first-order valence-electron chi connectivity index (χ1n) is 10.5. The first kappa shape index (κ1) is 24.7. The molecule has 0 radical (unpaired) electrons. The van der Waals surface area contributed by atoms with Crippen LogP contribution in [-0.4, -0.2) is 29.4 Å². The van der Waals surface area contributed by atoms with Crippen LogP contribution in [0.4, 0.5) is 5.00 Å². The molecule has 2 amide bonds. The Morgan fingerprint density at radius 3 is 2.51 bits per heavy atom. The van der Waals surface area contributed by atoms with Crippen molar-refractivity contribution in [3.63, 3.8) is 0 Å². The number of thiophene rings is 1. The van der Waals surface area contributed by atoms with E-state index in [0.717, 1.165) is 11.3 Å². The Morgan fingerprint density at radius 1 is 1.09 bits per heavy atom. The molecular weight excluding hydrogens is 509 g/mol. The number of para-hydroxylation sites is 1. The number of benzene rings is 2. The first-order valence-corrected chi connectivity index (χ1v) is 12.0. The molecule has 4 aromatic rings. The zero-order chi connectivity index (χ0) is 25.3. The molecule has 4 rings (SSSR count). The minimum Gasteiger partial charge on any atom is -0.462 e. The molecule has 0 aliphatic carbocycles. The van der Waals surface area contributed by atoms with E-state index in [-0.39, 0.29) is 22.0 Å². The summed E-state index contributed by atoms with van der Waals surface area (Å²) in [7, 11) is 0. The van der Waals surface area contributed by atoms with E-state index in [1.165, 1.54) is 0 Å². The van der Waals surface area contributed by atoms with Crippen LogP contribution < -0.4 is 11.1 Å². The van der Waals surface area contributed by atoms with E-state index in [1.807, 2.05) is 6.07 Å². The SMILES string of the molecule is CCOC(=O)c1c(NC(=O)c2cc(-c3ccc(Cl)c(Cl)c3)nc3ccccc23)sc(C(N)=O)c1C. The number of carbonyl (C=O) groups excluding carboxylic acids is 3. The number of fused-ring (bicyclic) bond motifs is 1. The average Bonchev–Trinajstić information content (AvgIpc) is 3.16. The van der Waals surface area contributed by atoms with Crippen molar-refractivity contribution < 1.29 is 19.1 Å². The second-order valence-corrected chi connectivity index (χ2v) is 9.34. The maximum absolute atomic E-state index is 13.5. The van der Waals surface area contributed by atoms with Gasteiger partial charge < -0.3 is 15.8 Å². The van der Waals surface area contributed by atoms with Crippen molar-refractivity contribution in [3.8, 4) is 11.3 Å². The van der Waals surface area contributed by atoms with Gasteiger partial charge in [-0.25, -0.2) is 9.78 Å². The highest BCUT2D eigenvalue weighted by molar-refractivity contribution is 7.18. The lowest BCUT2D eigenvalue weighted by Crippen LogP contribution is -2.16. The number of pyridine rings is 1. The molecular formula is C25H19Cl2N3O4S. The highest BCUT2D eigenvalue weighted by atomic mass is 35.5. The van der Waals surface area contributed by atoms with Crippen LogP contribution in [-0.2, 0) is 4.74 Å². The van der Waals surface area contributed by atoms with Gasteiger partial charge in [-0.15, -0.1) is 11.3 Å².